The topological polar surface area (TPSA) is 67.0 Å². The van der Waals surface area contributed by atoms with Gasteiger partial charge in [-0.3, -0.25) is 4.79 Å². The molecule has 0 saturated carbocycles. The van der Waals surface area contributed by atoms with Crippen molar-refractivity contribution < 1.29 is 9.53 Å². The van der Waals surface area contributed by atoms with Crippen molar-refractivity contribution in [3.8, 4) is 0 Å². The molecule has 1 fully saturated rings. The van der Waals surface area contributed by atoms with Crippen LogP contribution in [0.25, 0.3) is 0 Å². The molecule has 0 radical (unpaired) electrons. The van der Waals surface area contributed by atoms with Gasteiger partial charge in [-0.2, -0.15) is 0 Å². The predicted octanol–water partition coefficient (Wildman–Crippen LogP) is 0.903. The number of nitrogens with zero attached hydrogens (tertiary/aromatic N) is 1. The Bertz CT molecular complexity index is 380. The van der Waals surface area contributed by atoms with Crippen molar-refractivity contribution in [2.45, 2.75) is 38.8 Å². The van der Waals surface area contributed by atoms with Gasteiger partial charge >= 0.3 is 0 Å². The van der Waals surface area contributed by atoms with Crippen LogP contribution < -0.4 is 5.32 Å². The molecule has 0 bridgehead atoms. The summed E-state index contributed by atoms with van der Waals surface area (Å²) in [6.45, 7) is 4.90. The minimum Gasteiger partial charge on any atom is -0.365 e. The Labute approximate surface area is 94.6 Å². The molecule has 1 amide bonds. The largest absolute Gasteiger partial charge is 0.365 e. The fourth-order valence-corrected chi connectivity index (χ4v) is 1.87. The number of aryl methyl sites for hydroxylation is 1. The molecule has 1 atom stereocenters. The molecule has 1 unspecified atom stereocenters. The van der Waals surface area contributed by atoms with Gasteiger partial charge in [-0.25, -0.2) is 4.98 Å². The number of H-pyrrole nitrogens is 1. The Kier molecular flexibility index (Phi) is 2.96. The predicted molar refractivity (Wildman–Crippen MR) is 58.8 cm³/mol. The maximum atomic E-state index is 11.9. The molecule has 1 saturated heterocycles. The lowest BCUT2D eigenvalue weighted by Crippen LogP contribution is -2.43. The van der Waals surface area contributed by atoms with Crippen molar-refractivity contribution in [3.05, 3.63) is 17.7 Å². The van der Waals surface area contributed by atoms with E-state index in [0.717, 1.165) is 24.2 Å². The quantitative estimate of drug-likeness (QED) is 0.800. The third kappa shape index (κ3) is 2.09. The van der Waals surface area contributed by atoms with E-state index in [1.807, 2.05) is 13.8 Å². The lowest BCUT2D eigenvalue weighted by atomic mass is 10.0. The molecule has 1 aliphatic heterocycles. The highest BCUT2D eigenvalue weighted by Gasteiger charge is 2.37. The number of hydrogen-bond donors (Lipinski definition) is 2. The van der Waals surface area contributed by atoms with Crippen LogP contribution in [-0.2, 0) is 16.1 Å². The van der Waals surface area contributed by atoms with Crippen molar-refractivity contribution in [1.29, 1.82) is 0 Å². The number of imidazole rings is 1. The van der Waals surface area contributed by atoms with Crippen LogP contribution in [0.2, 0.25) is 0 Å². The van der Waals surface area contributed by atoms with Gasteiger partial charge in [-0.1, -0.05) is 0 Å². The van der Waals surface area contributed by atoms with Crippen LogP contribution in [0, 0.1) is 6.92 Å². The molecule has 0 spiro atoms. The average molecular weight is 223 g/mol. The summed E-state index contributed by atoms with van der Waals surface area (Å²) < 4.78 is 5.46. The fraction of sp³-hybridized carbons (Fsp3) is 0.636. The highest BCUT2D eigenvalue weighted by atomic mass is 16.5. The van der Waals surface area contributed by atoms with Crippen molar-refractivity contribution in [2.24, 2.45) is 0 Å². The summed E-state index contributed by atoms with van der Waals surface area (Å²) in [7, 11) is 0. The Balaban J connectivity index is 1.91. The molecular formula is C11H17N3O2. The first kappa shape index (κ1) is 11.1. The van der Waals surface area contributed by atoms with Crippen LogP contribution >= 0.6 is 0 Å². The van der Waals surface area contributed by atoms with Crippen LogP contribution in [0.1, 0.15) is 31.2 Å². The first-order valence-electron chi connectivity index (χ1n) is 5.53. The van der Waals surface area contributed by atoms with Crippen molar-refractivity contribution in [3.63, 3.8) is 0 Å². The number of hydrogen-bond acceptors (Lipinski definition) is 3. The van der Waals surface area contributed by atoms with E-state index in [2.05, 4.69) is 15.3 Å². The number of carbonyl (C=O) groups excluding carboxylic acids is 1. The Morgan fingerprint density at radius 1 is 1.75 bits per heavy atom. The number of rotatable bonds is 3. The Morgan fingerprint density at radius 3 is 3.12 bits per heavy atom. The second kappa shape index (κ2) is 4.25. The highest BCUT2D eigenvalue weighted by Crippen LogP contribution is 2.25. The van der Waals surface area contributed by atoms with E-state index >= 15 is 0 Å². The first-order valence-corrected chi connectivity index (χ1v) is 5.53. The SMILES string of the molecule is Cc1[nH]cnc1CNC(=O)C1(C)CCCO1. The van der Waals surface area contributed by atoms with E-state index in [4.69, 9.17) is 4.74 Å². The van der Waals surface area contributed by atoms with Crippen molar-refractivity contribution in [1.82, 2.24) is 15.3 Å². The zero-order valence-corrected chi connectivity index (χ0v) is 9.67. The Morgan fingerprint density at radius 2 is 2.56 bits per heavy atom. The molecule has 0 aromatic carbocycles. The molecule has 16 heavy (non-hydrogen) atoms. The normalized spacial score (nSPS) is 24.6. The van der Waals surface area contributed by atoms with Gasteiger partial charge in [-0.15, -0.1) is 0 Å². The van der Waals surface area contributed by atoms with Gasteiger partial charge in [0.1, 0.15) is 5.60 Å². The monoisotopic (exact) mass is 223 g/mol. The van der Waals surface area contributed by atoms with E-state index < -0.39 is 5.60 Å². The van der Waals surface area contributed by atoms with Crippen LogP contribution in [-0.4, -0.2) is 28.1 Å². The highest BCUT2D eigenvalue weighted by molar-refractivity contribution is 5.84. The van der Waals surface area contributed by atoms with Gasteiger partial charge < -0.3 is 15.0 Å². The second-order valence-corrected chi connectivity index (χ2v) is 4.34. The van der Waals surface area contributed by atoms with Gasteiger partial charge in [0.2, 0.25) is 0 Å². The summed E-state index contributed by atoms with van der Waals surface area (Å²) in [5.74, 6) is -0.0487. The molecular weight excluding hydrogens is 206 g/mol. The van der Waals surface area contributed by atoms with E-state index in [0.29, 0.717) is 13.2 Å². The van der Waals surface area contributed by atoms with E-state index in [1.54, 1.807) is 6.33 Å². The summed E-state index contributed by atoms with van der Waals surface area (Å²) in [4.78, 5) is 19.0. The third-order valence-electron chi connectivity index (χ3n) is 3.05. The Hall–Kier alpha value is -1.36. The minimum absolute atomic E-state index is 0.0487. The average Bonchev–Trinajstić information content (AvgIpc) is 2.85. The standard InChI is InChI=1S/C11H17N3O2/c1-8-9(14-7-13-8)6-12-10(15)11(2)4-3-5-16-11/h7H,3-6H2,1-2H3,(H,12,15)(H,13,14). The number of amides is 1. The van der Waals surface area contributed by atoms with Crippen molar-refractivity contribution >= 4 is 5.91 Å². The second-order valence-electron chi connectivity index (χ2n) is 4.34. The minimum atomic E-state index is -0.649. The molecule has 1 aromatic heterocycles. The van der Waals surface area contributed by atoms with E-state index in [1.165, 1.54) is 0 Å². The third-order valence-corrected chi connectivity index (χ3v) is 3.05. The van der Waals surface area contributed by atoms with Crippen LogP contribution in [0.4, 0.5) is 0 Å². The first-order chi connectivity index (χ1) is 7.62. The zero-order chi connectivity index (χ0) is 11.6. The molecule has 88 valence electrons. The summed E-state index contributed by atoms with van der Waals surface area (Å²) >= 11 is 0. The zero-order valence-electron chi connectivity index (χ0n) is 9.67. The van der Waals surface area contributed by atoms with Gasteiger partial charge in [0.25, 0.3) is 5.91 Å². The molecule has 1 aliphatic rings. The molecule has 5 nitrogen and oxygen atoms in total. The van der Waals surface area contributed by atoms with Crippen LogP contribution in [0.15, 0.2) is 6.33 Å². The van der Waals surface area contributed by atoms with Gasteiger partial charge in [-0.05, 0) is 26.7 Å². The van der Waals surface area contributed by atoms with Crippen molar-refractivity contribution in [2.75, 3.05) is 6.61 Å². The lowest BCUT2D eigenvalue weighted by Gasteiger charge is -2.21. The maximum Gasteiger partial charge on any atom is 0.252 e. The van der Waals surface area contributed by atoms with E-state index in [9.17, 15) is 4.79 Å². The molecule has 2 heterocycles. The molecule has 1 aromatic rings. The smallest absolute Gasteiger partial charge is 0.252 e. The van der Waals surface area contributed by atoms with E-state index in [-0.39, 0.29) is 5.91 Å². The summed E-state index contributed by atoms with van der Waals surface area (Å²) in [6, 6.07) is 0. The summed E-state index contributed by atoms with van der Waals surface area (Å²) in [6.07, 6.45) is 3.37. The number of nitrogens with one attached hydrogen (secondary N) is 2. The van der Waals surface area contributed by atoms with Gasteiger partial charge in [0, 0.05) is 12.3 Å². The lowest BCUT2D eigenvalue weighted by molar-refractivity contribution is -0.139. The molecule has 0 aliphatic carbocycles. The summed E-state index contributed by atoms with van der Waals surface area (Å²) in [5.41, 5.74) is 1.21. The molecule has 2 rings (SSSR count). The number of aromatic nitrogens is 2. The van der Waals surface area contributed by atoms with Crippen LogP contribution in [0.5, 0.6) is 0 Å². The fourth-order valence-electron chi connectivity index (χ4n) is 1.87. The van der Waals surface area contributed by atoms with Gasteiger partial charge in [0.05, 0.1) is 18.6 Å². The van der Waals surface area contributed by atoms with Crippen LogP contribution in [0.3, 0.4) is 0 Å². The number of ether oxygens (including phenoxy) is 1. The number of aromatic amines is 1. The van der Waals surface area contributed by atoms with Gasteiger partial charge in [0.15, 0.2) is 0 Å². The molecule has 5 heteroatoms. The summed E-state index contributed by atoms with van der Waals surface area (Å²) in [5, 5.41) is 2.86. The number of carbonyl (C=O) groups is 1. The molecule has 2 N–H and O–H groups in total. The maximum absolute atomic E-state index is 11.9.